The lowest BCUT2D eigenvalue weighted by atomic mass is 9.54. The summed E-state index contributed by atoms with van der Waals surface area (Å²) in [5.41, 5.74) is 4.82. The van der Waals surface area contributed by atoms with Gasteiger partial charge in [-0.15, -0.1) is 0 Å². The van der Waals surface area contributed by atoms with E-state index in [1.165, 1.54) is 44.1 Å². The maximum atomic E-state index is 14.2. The Balaban J connectivity index is 1.47. The largest absolute Gasteiger partial charge is 0.508 e. The fraction of sp³-hybridized carbons (Fsp3) is 0.483. The van der Waals surface area contributed by atoms with Crippen LogP contribution in [0.25, 0.3) is 5.76 Å². The van der Waals surface area contributed by atoms with Crippen LogP contribution in [0.2, 0.25) is 0 Å². The van der Waals surface area contributed by atoms with Crippen LogP contribution in [-0.4, -0.2) is 128 Å². The van der Waals surface area contributed by atoms with Crippen molar-refractivity contribution in [2.75, 3.05) is 46.9 Å². The maximum Gasteiger partial charge on any atom is 0.259 e. The second kappa shape index (κ2) is 11.1. The van der Waals surface area contributed by atoms with Gasteiger partial charge >= 0.3 is 0 Å². The van der Waals surface area contributed by atoms with Crippen LogP contribution in [0, 0.1) is 17.2 Å². The van der Waals surface area contributed by atoms with E-state index in [9.17, 15) is 39.9 Å². The molecule has 242 valence electrons. The highest BCUT2D eigenvalue weighted by Gasteiger charge is 2.66. The number of aliphatic imine (C=N–C) groups is 1. The number of carbonyl (C=O) groups is 3. The minimum atomic E-state index is -2.80. The quantitative estimate of drug-likeness (QED) is 0.100. The molecule has 1 amide bonds. The van der Waals surface area contributed by atoms with Gasteiger partial charge in [0, 0.05) is 43.6 Å². The van der Waals surface area contributed by atoms with Gasteiger partial charge in [0.2, 0.25) is 11.7 Å². The van der Waals surface area contributed by atoms with E-state index < -0.39 is 75.0 Å². The van der Waals surface area contributed by atoms with Crippen molar-refractivity contribution >= 4 is 35.2 Å². The number of ketones is 2. The fourth-order valence-electron chi connectivity index (χ4n) is 7.07. The first-order chi connectivity index (χ1) is 21.0. The standard InChI is InChI=1S/C29H38N8O8/c1-28(44)13-5-4-6-16(38)17(13)21(39)18-14(28)11-15-20(35(2)3)22(40)19(24(42)29(15,45)23(18)41)25(43)33-12-36-7-9-37(10-8-36)27(32)34-26(30)31/h4-6,14-15,20,38-39,42,44-45H,7-12H2,1-3H3,(H,33,43)(H5,30,31,32,34)/t14?,15?,20?,28-,29+/m1/s1. The van der Waals surface area contributed by atoms with Gasteiger partial charge in [0.25, 0.3) is 5.91 Å². The van der Waals surface area contributed by atoms with Gasteiger partial charge in [-0.2, -0.15) is 4.99 Å². The fourth-order valence-corrected chi connectivity index (χ4v) is 7.07. The number of fused-ring (bicyclic) bond motifs is 3. The molecule has 1 saturated heterocycles. The van der Waals surface area contributed by atoms with Crippen LogP contribution in [0.5, 0.6) is 5.75 Å². The highest BCUT2D eigenvalue weighted by Crippen LogP contribution is 2.57. The number of guanidine groups is 2. The summed E-state index contributed by atoms with van der Waals surface area (Å²) in [6, 6.07) is 2.99. The number of aliphatic hydroxyl groups is 4. The van der Waals surface area contributed by atoms with Gasteiger partial charge in [-0.3, -0.25) is 29.6 Å². The number of phenols is 1. The maximum absolute atomic E-state index is 14.2. The van der Waals surface area contributed by atoms with Crippen molar-refractivity contribution < 1.29 is 39.9 Å². The van der Waals surface area contributed by atoms with Gasteiger partial charge in [0.1, 0.15) is 22.8 Å². The summed E-state index contributed by atoms with van der Waals surface area (Å²) in [6.45, 7) is 2.90. The minimum absolute atomic E-state index is 0.0538. The van der Waals surface area contributed by atoms with Crippen LogP contribution in [0.4, 0.5) is 0 Å². The number of nitrogens with two attached hydrogens (primary N) is 2. The predicted octanol–water partition coefficient (Wildman–Crippen LogP) is -1.96. The number of hydrogen-bond donors (Lipinski definition) is 9. The van der Waals surface area contributed by atoms with Gasteiger partial charge in [-0.05, 0) is 39.1 Å². The van der Waals surface area contributed by atoms with E-state index in [1.54, 1.807) is 4.90 Å². The molecule has 3 unspecified atom stereocenters. The lowest BCUT2D eigenvalue weighted by Gasteiger charge is -2.53. The average molecular weight is 627 g/mol. The Morgan fingerprint density at radius 3 is 2.38 bits per heavy atom. The summed E-state index contributed by atoms with van der Waals surface area (Å²) in [5, 5.41) is 67.4. The molecule has 0 radical (unpaired) electrons. The van der Waals surface area contributed by atoms with Gasteiger partial charge in [0.05, 0.1) is 23.9 Å². The number of aromatic hydroxyl groups is 1. The molecule has 0 spiro atoms. The van der Waals surface area contributed by atoms with Crippen LogP contribution in [-0.2, 0) is 20.0 Å². The summed E-state index contributed by atoms with van der Waals surface area (Å²) in [6.07, 6.45) is -0.226. The van der Waals surface area contributed by atoms with E-state index in [1.807, 2.05) is 4.90 Å². The summed E-state index contributed by atoms with van der Waals surface area (Å²) in [7, 11) is 3.06. The van der Waals surface area contributed by atoms with Crippen molar-refractivity contribution in [3.63, 3.8) is 0 Å². The smallest absolute Gasteiger partial charge is 0.259 e. The zero-order valence-electron chi connectivity index (χ0n) is 25.1. The molecule has 1 heterocycles. The number of piperazine rings is 1. The number of likely N-dealkylation sites (N-methyl/N-ethyl adjacent to an activating group) is 1. The van der Waals surface area contributed by atoms with Crippen molar-refractivity contribution in [1.29, 1.82) is 5.41 Å². The average Bonchev–Trinajstić information content (AvgIpc) is 2.96. The Morgan fingerprint density at radius 1 is 1.13 bits per heavy atom. The SMILES string of the molecule is CN(C)C1C(=O)C(C(=O)NCN2CCN(C(=N)N=C(N)N)CC2)=C(O)[C@@]2(O)C(=O)C3=C(O)c4c(O)cccc4[C@@](C)(O)C3CC12. The van der Waals surface area contributed by atoms with E-state index in [0.29, 0.717) is 26.2 Å². The minimum Gasteiger partial charge on any atom is -0.508 e. The molecule has 1 saturated carbocycles. The molecule has 16 nitrogen and oxygen atoms in total. The number of rotatable bonds is 4. The molecule has 0 bridgehead atoms. The van der Waals surface area contributed by atoms with Gasteiger partial charge < -0.3 is 47.2 Å². The first-order valence-corrected chi connectivity index (χ1v) is 14.4. The van der Waals surface area contributed by atoms with Crippen LogP contribution in [0.15, 0.2) is 40.1 Å². The molecule has 45 heavy (non-hydrogen) atoms. The topological polar surface area (TPSA) is 262 Å². The summed E-state index contributed by atoms with van der Waals surface area (Å²) in [5.74, 6) is -7.99. The Kier molecular flexibility index (Phi) is 7.89. The molecule has 1 aromatic rings. The molecule has 16 heteroatoms. The number of carbonyl (C=O) groups excluding carboxylic acids is 3. The molecule has 5 rings (SSSR count). The Labute approximate surface area is 258 Å². The number of phenolic OH excluding ortho intramolecular Hbond substituents is 1. The number of nitrogens with zero attached hydrogens (tertiary/aromatic N) is 4. The normalized spacial score (nSPS) is 30.1. The van der Waals surface area contributed by atoms with E-state index >= 15 is 0 Å². The molecule has 2 fully saturated rings. The van der Waals surface area contributed by atoms with E-state index in [0.717, 1.165) is 0 Å². The zero-order chi connectivity index (χ0) is 33.2. The molecule has 0 aromatic heterocycles. The van der Waals surface area contributed by atoms with Crippen molar-refractivity contribution in [3.8, 4) is 5.75 Å². The van der Waals surface area contributed by atoms with Gasteiger partial charge in [-0.25, -0.2) is 0 Å². The van der Waals surface area contributed by atoms with Crippen LogP contribution < -0.4 is 16.8 Å². The van der Waals surface area contributed by atoms with Crippen molar-refractivity contribution in [2.24, 2.45) is 28.3 Å². The highest BCUT2D eigenvalue weighted by atomic mass is 16.3. The monoisotopic (exact) mass is 626 g/mol. The second-order valence-electron chi connectivity index (χ2n) is 12.2. The molecule has 1 aromatic carbocycles. The molecule has 3 aliphatic carbocycles. The highest BCUT2D eigenvalue weighted by molar-refractivity contribution is 6.25. The number of amides is 1. The first kappa shape index (κ1) is 31.9. The summed E-state index contributed by atoms with van der Waals surface area (Å²) >= 11 is 0. The number of aliphatic hydroxyl groups excluding tert-OH is 2. The Bertz CT molecular complexity index is 1570. The van der Waals surface area contributed by atoms with Crippen LogP contribution in [0.1, 0.15) is 24.5 Å². The van der Waals surface area contributed by atoms with Crippen LogP contribution in [0.3, 0.4) is 0 Å². The van der Waals surface area contributed by atoms with Crippen molar-refractivity contribution in [3.05, 3.63) is 46.2 Å². The number of Topliss-reactive ketones (excluding diaryl/α,β-unsaturated/α-hetero) is 2. The lowest BCUT2D eigenvalue weighted by Crippen LogP contribution is -2.67. The van der Waals surface area contributed by atoms with Crippen molar-refractivity contribution in [1.82, 2.24) is 20.0 Å². The van der Waals surface area contributed by atoms with E-state index in [2.05, 4.69) is 10.3 Å². The molecule has 4 aliphatic rings. The molecule has 11 N–H and O–H groups in total. The van der Waals surface area contributed by atoms with E-state index in [4.69, 9.17) is 16.9 Å². The number of nitrogens with one attached hydrogen (secondary N) is 2. The molecular formula is C29H38N8O8. The molecule has 5 atom stereocenters. The third-order valence-corrected chi connectivity index (χ3v) is 9.37. The summed E-state index contributed by atoms with van der Waals surface area (Å²) in [4.78, 5) is 50.1. The third kappa shape index (κ3) is 4.89. The molecular weight excluding hydrogens is 588 g/mol. The van der Waals surface area contributed by atoms with Crippen LogP contribution >= 0.6 is 0 Å². The predicted molar refractivity (Wildman–Crippen MR) is 161 cm³/mol. The van der Waals surface area contributed by atoms with Crippen molar-refractivity contribution in [2.45, 2.75) is 30.6 Å². The summed E-state index contributed by atoms with van der Waals surface area (Å²) < 4.78 is 0. The second-order valence-corrected chi connectivity index (χ2v) is 12.2. The first-order valence-electron chi connectivity index (χ1n) is 14.4. The Hall–Kier alpha value is -4.51. The number of hydrogen-bond acceptors (Lipinski definition) is 11. The van der Waals surface area contributed by atoms with Gasteiger partial charge in [-0.1, -0.05) is 12.1 Å². The number of benzene rings is 1. The zero-order valence-corrected chi connectivity index (χ0v) is 25.1. The lowest BCUT2D eigenvalue weighted by molar-refractivity contribution is -0.159. The third-order valence-electron chi connectivity index (χ3n) is 9.37. The molecule has 1 aliphatic heterocycles. The Morgan fingerprint density at radius 2 is 1.78 bits per heavy atom. The van der Waals surface area contributed by atoms with E-state index in [-0.39, 0.29) is 36.1 Å². The van der Waals surface area contributed by atoms with Gasteiger partial charge in [0.15, 0.2) is 17.3 Å².